The van der Waals surface area contributed by atoms with Gasteiger partial charge in [-0.1, -0.05) is 92.2 Å². The number of aliphatic hydroxyl groups is 1. The van der Waals surface area contributed by atoms with Crippen molar-refractivity contribution in [2.75, 3.05) is 31.8 Å². The van der Waals surface area contributed by atoms with Gasteiger partial charge in [-0.05, 0) is 30.0 Å². The summed E-state index contributed by atoms with van der Waals surface area (Å²) in [6.45, 7) is 3.52. The van der Waals surface area contributed by atoms with Crippen molar-refractivity contribution >= 4 is 41.0 Å². The van der Waals surface area contributed by atoms with Gasteiger partial charge in [-0.15, -0.1) is 0 Å². The molecule has 2 N–H and O–H groups in total. The van der Waals surface area contributed by atoms with Crippen molar-refractivity contribution in [3.63, 3.8) is 0 Å². The Labute approximate surface area is 290 Å². The summed E-state index contributed by atoms with van der Waals surface area (Å²) in [5.74, 6) is -4.44. The summed E-state index contributed by atoms with van der Waals surface area (Å²) in [6.07, 6.45) is 5.53. The second-order valence-corrected chi connectivity index (χ2v) is 13.7. The van der Waals surface area contributed by atoms with E-state index < -0.39 is 72.2 Å². The summed E-state index contributed by atoms with van der Waals surface area (Å²) < 4.78 is 18.6. The van der Waals surface area contributed by atoms with Crippen molar-refractivity contribution in [1.82, 2.24) is 10.2 Å². The molecule has 0 saturated carbocycles. The molecule has 6 rings (SSSR count). The van der Waals surface area contributed by atoms with Gasteiger partial charge in [0.1, 0.15) is 23.7 Å². The van der Waals surface area contributed by atoms with Crippen LogP contribution in [0.1, 0.15) is 38.4 Å². The Morgan fingerprint density at radius 2 is 1.78 bits per heavy atom. The average molecular weight is 692 g/mol. The minimum Gasteiger partial charge on any atom is -0.455 e. The SMILES string of the molecule is COC[C@@H]1NC(=O)CC/C=C\[C@@H]2O[C@@]34C=CCN(c5ccccc5Cl)C(=O)[C@@H]3N([C@@H](CO)C(C)C)C(=O)[C@H]4[C@@H]2C(=O)O[C@H]1c1ccccc1. The number of ether oxygens (including phenoxy) is 3. The molecule has 4 heterocycles. The molecule has 3 amide bonds. The molecule has 4 aliphatic rings. The van der Waals surface area contributed by atoms with E-state index in [0.717, 1.165) is 0 Å². The molecule has 4 aliphatic heterocycles. The van der Waals surface area contributed by atoms with Gasteiger partial charge in [0, 0.05) is 20.1 Å². The average Bonchev–Trinajstić information content (AvgIpc) is 3.47. The van der Waals surface area contributed by atoms with Crippen molar-refractivity contribution in [2.24, 2.45) is 17.8 Å². The van der Waals surface area contributed by atoms with Crippen LogP contribution < -0.4 is 10.2 Å². The topological polar surface area (TPSA) is 135 Å². The number of nitrogens with zero attached hydrogens (tertiary/aromatic N) is 2. The molecule has 2 aromatic rings. The molecular weight excluding hydrogens is 650 g/mol. The molecule has 0 aliphatic carbocycles. The maximum atomic E-state index is 14.9. The lowest BCUT2D eigenvalue weighted by atomic mass is 9.77. The maximum absolute atomic E-state index is 14.9. The number of aliphatic hydroxyl groups excluding tert-OH is 1. The molecule has 1 spiro atoms. The van der Waals surface area contributed by atoms with Gasteiger partial charge in [0.15, 0.2) is 0 Å². The second-order valence-electron chi connectivity index (χ2n) is 13.2. The fraction of sp³-hybridized carbons (Fsp3) is 0.459. The van der Waals surface area contributed by atoms with Crippen LogP contribution in [0.15, 0.2) is 78.9 Å². The van der Waals surface area contributed by atoms with Crippen molar-refractivity contribution < 1.29 is 38.5 Å². The fourth-order valence-electron chi connectivity index (χ4n) is 7.69. The Hall–Kier alpha value is -4.03. The van der Waals surface area contributed by atoms with E-state index in [1.54, 1.807) is 72.8 Å². The minimum absolute atomic E-state index is 0.0584. The first kappa shape index (κ1) is 34.8. The first-order chi connectivity index (χ1) is 23.6. The summed E-state index contributed by atoms with van der Waals surface area (Å²) in [5, 5.41) is 13.9. The predicted molar refractivity (Wildman–Crippen MR) is 181 cm³/mol. The number of allylic oxidation sites excluding steroid dienone is 1. The Morgan fingerprint density at radius 3 is 2.47 bits per heavy atom. The van der Waals surface area contributed by atoms with Gasteiger partial charge in [-0.25, -0.2) is 0 Å². The maximum Gasteiger partial charge on any atom is 0.313 e. The Balaban J connectivity index is 1.48. The summed E-state index contributed by atoms with van der Waals surface area (Å²) in [7, 11) is 1.50. The van der Waals surface area contributed by atoms with Gasteiger partial charge in [0.25, 0.3) is 5.91 Å². The highest BCUT2D eigenvalue weighted by molar-refractivity contribution is 6.34. The van der Waals surface area contributed by atoms with Crippen LogP contribution in [0, 0.1) is 17.8 Å². The van der Waals surface area contributed by atoms with Gasteiger partial charge >= 0.3 is 5.97 Å². The monoisotopic (exact) mass is 691 g/mol. The Bertz CT molecular complexity index is 1630. The quantitative estimate of drug-likeness (QED) is 0.332. The van der Waals surface area contributed by atoms with Crippen molar-refractivity contribution in [1.29, 1.82) is 0 Å². The summed E-state index contributed by atoms with van der Waals surface area (Å²) in [5.41, 5.74) is -0.478. The third kappa shape index (κ3) is 6.29. The molecule has 0 bridgehead atoms. The number of fused-ring (bicyclic) bond motifs is 2. The lowest BCUT2D eigenvalue weighted by Gasteiger charge is -2.40. The number of esters is 1. The molecule has 2 fully saturated rings. The van der Waals surface area contributed by atoms with E-state index in [-0.39, 0.29) is 31.4 Å². The standard InChI is InChI=1S/C37H42ClN3O8/c1-22(2)27(20-42)41-33-35(45)40(26-15-8-7-14-24(26)38)19-11-18-37(33)31(34(41)44)30-28(49-37)16-9-10-17-29(43)39-25(21-47-3)32(48-36(30)46)23-12-5-4-6-13-23/h4-9,11-16,18,22,25,27-28,30-33,42H,10,17,19-21H2,1-3H3,(H,39,43)/b16-9-/t25-,27-,28-,30+,31+,32-,33-,37+/m0/s1. The van der Waals surface area contributed by atoms with E-state index in [9.17, 15) is 24.3 Å². The van der Waals surface area contributed by atoms with E-state index in [2.05, 4.69) is 5.32 Å². The second kappa shape index (κ2) is 14.4. The first-order valence-electron chi connectivity index (χ1n) is 16.7. The number of likely N-dealkylation sites (tertiary alicyclic amines) is 1. The smallest absolute Gasteiger partial charge is 0.313 e. The minimum atomic E-state index is -1.58. The predicted octanol–water partition coefficient (Wildman–Crippen LogP) is 3.61. The number of rotatable bonds is 7. The molecule has 8 atom stereocenters. The van der Waals surface area contributed by atoms with Crippen LogP contribution in [0.2, 0.25) is 5.02 Å². The number of carbonyl (C=O) groups is 4. The van der Waals surface area contributed by atoms with E-state index in [1.165, 1.54) is 16.9 Å². The van der Waals surface area contributed by atoms with Crippen LogP contribution in [0.4, 0.5) is 5.69 Å². The van der Waals surface area contributed by atoms with Crippen LogP contribution in [0.5, 0.6) is 0 Å². The molecule has 0 unspecified atom stereocenters. The van der Waals surface area contributed by atoms with Gasteiger partial charge in [0.05, 0.1) is 48.0 Å². The van der Waals surface area contributed by atoms with Crippen molar-refractivity contribution in [3.8, 4) is 0 Å². The first-order valence-corrected chi connectivity index (χ1v) is 17.1. The van der Waals surface area contributed by atoms with Crippen LogP contribution >= 0.6 is 11.6 Å². The lowest BCUT2D eigenvalue weighted by Crippen LogP contribution is -2.59. The molecule has 11 nitrogen and oxygen atoms in total. The zero-order valence-corrected chi connectivity index (χ0v) is 28.5. The fourth-order valence-corrected chi connectivity index (χ4v) is 7.93. The molecule has 0 radical (unpaired) electrons. The lowest BCUT2D eigenvalue weighted by molar-refractivity contribution is -0.163. The van der Waals surface area contributed by atoms with Crippen LogP contribution in [0.25, 0.3) is 0 Å². The number of benzene rings is 2. The number of amides is 3. The molecule has 12 heteroatoms. The number of methoxy groups -OCH3 is 1. The van der Waals surface area contributed by atoms with Gasteiger partial charge in [-0.3, -0.25) is 19.2 Å². The Morgan fingerprint density at radius 1 is 1.04 bits per heavy atom. The number of cyclic esters (lactones) is 1. The largest absolute Gasteiger partial charge is 0.455 e. The van der Waals surface area contributed by atoms with E-state index in [1.807, 2.05) is 19.9 Å². The number of carbonyl (C=O) groups excluding carboxylic acids is 4. The number of anilines is 1. The highest BCUT2D eigenvalue weighted by atomic mass is 35.5. The van der Waals surface area contributed by atoms with E-state index in [0.29, 0.717) is 22.7 Å². The number of hydrogen-bond acceptors (Lipinski definition) is 8. The summed E-state index contributed by atoms with van der Waals surface area (Å²) in [4.78, 5) is 60.2. The van der Waals surface area contributed by atoms with E-state index in [4.69, 9.17) is 25.8 Å². The van der Waals surface area contributed by atoms with Gasteiger partial charge < -0.3 is 34.4 Å². The van der Waals surface area contributed by atoms with Crippen LogP contribution in [-0.4, -0.2) is 90.4 Å². The molecular formula is C37H42ClN3O8. The van der Waals surface area contributed by atoms with Gasteiger partial charge in [0.2, 0.25) is 11.8 Å². The molecule has 2 saturated heterocycles. The number of nitrogens with one attached hydrogen (secondary N) is 1. The van der Waals surface area contributed by atoms with E-state index >= 15 is 0 Å². The molecule has 2 aromatic carbocycles. The zero-order valence-electron chi connectivity index (χ0n) is 27.7. The van der Waals surface area contributed by atoms with Gasteiger partial charge in [-0.2, -0.15) is 0 Å². The normalized spacial score (nSPS) is 31.6. The van der Waals surface area contributed by atoms with Crippen molar-refractivity contribution in [2.45, 2.75) is 62.6 Å². The highest BCUT2D eigenvalue weighted by Gasteiger charge is 2.73. The Kier molecular flexibility index (Phi) is 10.3. The number of halogens is 1. The molecule has 0 aromatic heterocycles. The molecule has 49 heavy (non-hydrogen) atoms. The number of hydrogen-bond donors (Lipinski definition) is 2. The zero-order chi connectivity index (χ0) is 34.9. The summed E-state index contributed by atoms with van der Waals surface area (Å²) in [6, 6.07) is 13.3. The third-order valence-electron chi connectivity index (χ3n) is 9.95. The van der Waals surface area contributed by atoms with Crippen LogP contribution in [0.3, 0.4) is 0 Å². The highest BCUT2D eigenvalue weighted by Crippen LogP contribution is 2.54. The third-order valence-corrected chi connectivity index (χ3v) is 10.3. The van der Waals surface area contributed by atoms with Crippen molar-refractivity contribution in [3.05, 3.63) is 89.5 Å². The summed E-state index contributed by atoms with van der Waals surface area (Å²) >= 11 is 6.58. The van der Waals surface area contributed by atoms with Crippen LogP contribution in [-0.2, 0) is 33.4 Å². The molecule has 260 valence electrons. The number of para-hydroxylation sites is 1.